The molecule has 0 aliphatic rings. The molecule has 0 saturated carbocycles. The molecular formula is C11H10FNOS. The van der Waals surface area contributed by atoms with Crippen molar-refractivity contribution in [1.82, 2.24) is 4.98 Å². The molecule has 0 aliphatic carbocycles. The van der Waals surface area contributed by atoms with E-state index in [1.54, 1.807) is 31.3 Å². The quantitative estimate of drug-likeness (QED) is 0.849. The van der Waals surface area contributed by atoms with Gasteiger partial charge in [0, 0.05) is 11.8 Å². The van der Waals surface area contributed by atoms with E-state index < -0.39 is 0 Å². The van der Waals surface area contributed by atoms with Gasteiger partial charge in [-0.25, -0.2) is 9.37 Å². The zero-order valence-electron chi connectivity index (χ0n) is 8.20. The lowest BCUT2D eigenvalue weighted by atomic mass is 10.1. The summed E-state index contributed by atoms with van der Waals surface area (Å²) in [5.74, 6) is -0.240. The highest BCUT2D eigenvalue weighted by molar-refractivity contribution is 7.15. The van der Waals surface area contributed by atoms with Gasteiger partial charge in [0.1, 0.15) is 10.8 Å². The third-order valence-electron chi connectivity index (χ3n) is 2.13. The second kappa shape index (κ2) is 4.08. The Balaban J connectivity index is 2.49. The standard InChI is InChI=1S/C11H10FNOS/c1-7-3-2-4-9(10(7)12)11-13-5-8(6-14)15-11/h2-5,14H,6H2,1H3. The average Bonchev–Trinajstić information content (AvgIpc) is 2.70. The Morgan fingerprint density at radius 2 is 2.27 bits per heavy atom. The van der Waals surface area contributed by atoms with E-state index in [0.717, 1.165) is 4.88 Å². The highest BCUT2D eigenvalue weighted by atomic mass is 32.1. The van der Waals surface area contributed by atoms with E-state index in [1.807, 2.05) is 0 Å². The molecule has 2 rings (SSSR count). The van der Waals surface area contributed by atoms with Gasteiger partial charge < -0.3 is 5.11 Å². The zero-order chi connectivity index (χ0) is 10.8. The zero-order valence-corrected chi connectivity index (χ0v) is 9.01. The number of nitrogens with zero attached hydrogens (tertiary/aromatic N) is 1. The van der Waals surface area contributed by atoms with Gasteiger partial charge in [-0.15, -0.1) is 11.3 Å². The van der Waals surface area contributed by atoms with Gasteiger partial charge in [-0.05, 0) is 18.6 Å². The van der Waals surface area contributed by atoms with Gasteiger partial charge in [0.2, 0.25) is 0 Å². The highest BCUT2D eigenvalue weighted by Crippen LogP contribution is 2.28. The normalized spacial score (nSPS) is 10.6. The molecular weight excluding hydrogens is 213 g/mol. The summed E-state index contributed by atoms with van der Waals surface area (Å²) >= 11 is 1.31. The van der Waals surface area contributed by atoms with E-state index in [1.165, 1.54) is 11.3 Å². The van der Waals surface area contributed by atoms with Crippen LogP contribution in [0.4, 0.5) is 4.39 Å². The van der Waals surface area contributed by atoms with Crippen molar-refractivity contribution in [2.24, 2.45) is 0 Å². The lowest BCUT2D eigenvalue weighted by Gasteiger charge is -2.01. The fourth-order valence-electron chi connectivity index (χ4n) is 1.32. The van der Waals surface area contributed by atoms with Crippen LogP contribution in [0, 0.1) is 12.7 Å². The van der Waals surface area contributed by atoms with Crippen molar-refractivity contribution >= 4 is 11.3 Å². The van der Waals surface area contributed by atoms with E-state index in [4.69, 9.17) is 5.11 Å². The number of hydrogen-bond acceptors (Lipinski definition) is 3. The monoisotopic (exact) mass is 223 g/mol. The minimum Gasteiger partial charge on any atom is -0.391 e. The van der Waals surface area contributed by atoms with Crippen molar-refractivity contribution in [1.29, 1.82) is 0 Å². The van der Waals surface area contributed by atoms with Crippen LogP contribution in [0.15, 0.2) is 24.4 Å². The molecule has 0 amide bonds. The summed E-state index contributed by atoms with van der Waals surface area (Å²) in [6.07, 6.45) is 1.57. The third-order valence-corrected chi connectivity index (χ3v) is 3.15. The topological polar surface area (TPSA) is 33.1 Å². The van der Waals surface area contributed by atoms with Gasteiger partial charge in [-0.2, -0.15) is 0 Å². The molecule has 15 heavy (non-hydrogen) atoms. The van der Waals surface area contributed by atoms with Gasteiger partial charge in [-0.1, -0.05) is 12.1 Å². The number of rotatable bonds is 2. The van der Waals surface area contributed by atoms with Crippen LogP contribution in [0.2, 0.25) is 0 Å². The number of benzene rings is 1. The summed E-state index contributed by atoms with van der Waals surface area (Å²) in [6, 6.07) is 5.22. The van der Waals surface area contributed by atoms with Gasteiger partial charge >= 0.3 is 0 Å². The molecule has 2 aromatic rings. The molecule has 0 spiro atoms. The molecule has 1 aromatic carbocycles. The molecule has 0 saturated heterocycles. The molecule has 0 fully saturated rings. The molecule has 1 aromatic heterocycles. The smallest absolute Gasteiger partial charge is 0.136 e. The summed E-state index contributed by atoms with van der Waals surface area (Å²) < 4.78 is 13.7. The number of aliphatic hydroxyl groups excluding tert-OH is 1. The Labute approximate surface area is 91.0 Å². The molecule has 0 radical (unpaired) electrons. The summed E-state index contributed by atoms with van der Waals surface area (Å²) in [7, 11) is 0. The Kier molecular flexibility index (Phi) is 2.79. The van der Waals surface area contributed by atoms with Crippen LogP contribution in [0.1, 0.15) is 10.4 Å². The van der Waals surface area contributed by atoms with Crippen molar-refractivity contribution in [3.8, 4) is 10.6 Å². The molecule has 0 bridgehead atoms. The first-order valence-corrected chi connectivity index (χ1v) is 5.35. The first-order chi connectivity index (χ1) is 7.22. The maximum Gasteiger partial charge on any atom is 0.136 e. The fourth-order valence-corrected chi connectivity index (χ4v) is 2.11. The molecule has 0 atom stereocenters. The van der Waals surface area contributed by atoms with Crippen molar-refractivity contribution in [2.75, 3.05) is 0 Å². The van der Waals surface area contributed by atoms with E-state index >= 15 is 0 Å². The lowest BCUT2D eigenvalue weighted by Crippen LogP contribution is -1.86. The first kappa shape index (κ1) is 10.3. The molecule has 4 heteroatoms. The molecule has 78 valence electrons. The molecule has 2 nitrogen and oxygen atoms in total. The number of aromatic nitrogens is 1. The number of aryl methyl sites for hydroxylation is 1. The predicted octanol–water partition coefficient (Wildman–Crippen LogP) is 2.75. The van der Waals surface area contributed by atoms with E-state index in [0.29, 0.717) is 16.1 Å². The van der Waals surface area contributed by atoms with Crippen molar-refractivity contribution < 1.29 is 9.50 Å². The number of halogens is 1. The Hall–Kier alpha value is -1.26. The lowest BCUT2D eigenvalue weighted by molar-refractivity contribution is 0.285. The van der Waals surface area contributed by atoms with E-state index in [-0.39, 0.29) is 12.4 Å². The van der Waals surface area contributed by atoms with Gasteiger partial charge in [0.25, 0.3) is 0 Å². The largest absolute Gasteiger partial charge is 0.391 e. The van der Waals surface area contributed by atoms with Gasteiger partial charge in [-0.3, -0.25) is 0 Å². The summed E-state index contributed by atoms with van der Waals surface area (Å²) in [5, 5.41) is 9.51. The van der Waals surface area contributed by atoms with E-state index in [9.17, 15) is 4.39 Å². The maximum atomic E-state index is 13.7. The van der Waals surface area contributed by atoms with Crippen LogP contribution in [-0.4, -0.2) is 10.1 Å². The van der Waals surface area contributed by atoms with E-state index in [2.05, 4.69) is 4.98 Å². The van der Waals surface area contributed by atoms with Crippen molar-refractivity contribution in [2.45, 2.75) is 13.5 Å². The molecule has 1 N–H and O–H groups in total. The second-order valence-corrected chi connectivity index (χ2v) is 4.34. The maximum absolute atomic E-state index is 13.7. The van der Waals surface area contributed by atoms with Crippen LogP contribution < -0.4 is 0 Å². The SMILES string of the molecule is Cc1cccc(-c2ncc(CO)s2)c1F. The van der Waals surface area contributed by atoms with Crippen molar-refractivity contribution in [3.05, 3.63) is 40.7 Å². The summed E-state index contributed by atoms with van der Waals surface area (Å²) in [5.41, 5.74) is 1.10. The number of thiazole rings is 1. The van der Waals surface area contributed by atoms with Crippen LogP contribution >= 0.6 is 11.3 Å². The molecule has 0 unspecified atom stereocenters. The van der Waals surface area contributed by atoms with Crippen LogP contribution in [0.3, 0.4) is 0 Å². The fraction of sp³-hybridized carbons (Fsp3) is 0.182. The minimum atomic E-state index is -0.240. The van der Waals surface area contributed by atoms with Crippen LogP contribution in [0.5, 0.6) is 0 Å². The predicted molar refractivity (Wildman–Crippen MR) is 58.2 cm³/mol. The van der Waals surface area contributed by atoms with Gasteiger partial charge in [0.05, 0.1) is 11.5 Å². The number of aliphatic hydroxyl groups is 1. The Morgan fingerprint density at radius 1 is 1.47 bits per heavy atom. The van der Waals surface area contributed by atoms with Crippen LogP contribution in [0.25, 0.3) is 10.6 Å². The molecule has 0 aliphatic heterocycles. The third kappa shape index (κ3) is 1.91. The van der Waals surface area contributed by atoms with Crippen molar-refractivity contribution in [3.63, 3.8) is 0 Å². The van der Waals surface area contributed by atoms with Crippen LogP contribution in [-0.2, 0) is 6.61 Å². The number of hydrogen-bond donors (Lipinski definition) is 1. The molecule has 1 heterocycles. The summed E-state index contributed by atoms with van der Waals surface area (Å²) in [4.78, 5) is 4.82. The minimum absolute atomic E-state index is 0.0505. The Bertz CT molecular complexity index is 481. The second-order valence-electron chi connectivity index (χ2n) is 3.23. The summed E-state index contributed by atoms with van der Waals surface area (Å²) in [6.45, 7) is 1.67. The average molecular weight is 223 g/mol. The first-order valence-electron chi connectivity index (χ1n) is 4.53. The van der Waals surface area contributed by atoms with Gasteiger partial charge in [0.15, 0.2) is 0 Å². The Morgan fingerprint density at radius 3 is 2.93 bits per heavy atom. The highest BCUT2D eigenvalue weighted by Gasteiger charge is 2.10.